The number of carbonyl (C=O) groups excluding carboxylic acids is 2. The molecular formula is C78H144N2O21. The fraction of sp³-hybridized carbons (Fsp3) is 0.910. The molecule has 14 N–H and O–H groups in total. The van der Waals surface area contributed by atoms with Crippen LogP contribution in [-0.4, -0.2) is 215 Å². The van der Waals surface area contributed by atoms with Gasteiger partial charge in [-0.05, 0) is 44.9 Å². The second-order valence-corrected chi connectivity index (χ2v) is 29.3. The standard InChI is InChI=1S/C78H144N2O21/c1-4-6-8-10-12-14-16-18-20-22-24-25-26-27-28-29-30-31-32-33-34-36-38-40-42-44-46-48-50-52-65(88)80-59(60(85)51-49-47-45-43-41-39-37-35-23-21-19-17-15-13-11-9-7-5-2)57-96-75-70(92)69(91)72(64(56-83)98-75)99-76-71(93)74(68(90)63(55-82)97-76)101-78(77(94)95)53-61(86)66(79-58(3)84)73(100-78)67(89)62(87)54-81/h27-28,49,51,59-64,66-76,81-83,85-87,89-93H,4-26,29-48,50,52-57H2,1-3H3,(H,79,84)(H,80,88)(H,94,95)/b28-27-,51-49+. The van der Waals surface area contributed by atoms with Crippen LogP contribution in [0.4, 0.5) is 0 Å². The van der Waals surface area contributed by atoms with Gasteiger partial charge in [0.2, 0.25) is 11.8 Å². The molecule has 0 radical (unpaired) electrons. The largest absolute Gasteiger partial charge is 0.477 e. The molecule has 3 aliphatic heterocycles. The number of allylic oxidation sites excluding steroid dienone is 3. The van der Waals surface area contributed by atoms with Crippen LogP contribution in [0.5, 0.6) is 0 Å². The predicted molar refractivity (Wildman–Crippen MR) is 389 cm³/mol. The van der Waals surface area contributed by atoms with E-state index in [2.05, 4.69) is 36.6 Å². The summed E-state index contributed by atoms with van der Waals surface area (Å²) in [5.41, 5.74) is 0. The molecule has 0 spiro atoms. The van der Waals surface area contributed by atoms with Gasteiger partial charge in [-0.15, -0.1) is 0 Å². The molecule has 3 aliphatic rings. The summed E-state index contributed by atoms with van der Waals surface area (Å²) in [6.45, 7) is 2.18. The second-order valence-electron chi connectivity index (χ2n) is 29.3. The van der Waals surface area contributed by atoms with Crippen molar-refractivity contribution in [2.75, 3.05) is 26.4 Å². The van der Waals surface area contributed by atoms with Crippen molar-refractivity contribution >= 4 is 17.8 Å². The molecule has 0 aliphatic carbocycles. The molecule has 101 heavy (non-hydrogen) atoms. The third-order valence-corrected chi connectivity index (χ3v) is 20.4. The first-order chi connectivity index (χ1) is 48.9. The number of hydrogen-bond donors (Lipinski definition) is 14. The van der Waals surface area contributed by atoms with Crippen LogP contribution in [-0.2, 0) is 42.8 Å². The van der Waals surface area contributed by atoms with Gasteiger partial charge in [0.25, 0.3) is 5.79 Å². The molecule has 3 saturated heterocycles. The molecule has 0 aromatic carbocycles. The van der Waals surface area contributed by atoms with E-state index in [9.17, 15) is 75.7 Å². The van der Waals surface area contributed by atoms with Gasteiger partial charge in [-0.3, -0.25) is 9.59 Å². The highest BCUT2D eigenvalue weighted by Crippen LogP contribution is 2.39. The Balaban J connectivity index is 1.50. The van der Waals surface area contributed by atoms with Gasteiger partial charge < -0.3 is 100 Å². The number of amides is 2. The smallest absolute Gasteiger partial charge is 0.364 e. The van der Waals surface area contributed by atoms with Gasteiger partial charge >= 0.3 is 5.97 Å². The number of ether oxygens (including phenoxy) is 6. The van der Waals surface area contributed by atoms with Gasteiger partial charge in [0, 0.05) is 19.8 Å². The maximum absolute atomic E-state index is 13.5. The number of aliphatic hydroxyl groups is 11. The fourth-order valence-electron chi connectivity index (χ4n) is 14.0. The van der Waals surface area contributed by atoms with Gasteiger partial charge in [-0.25, -0.2) is 4.79 Å². The fourth-order valence-corrected chi connectivity index (χ4v) is 14.0. The molecule has 18 unspecified atom stereocenters. The Morgan fingerprint density at radius 1 is 0.515 bits per heavy atom. The number of carbonyl (C=O) groups is 3. The van der Waals surface area contributed by atoms with Gasteiger partial charge in [-0.2, -0.15) is 0 Å². The van der Waals surface area contributed by atoms with E-state index in [1.165, 1.54) is 225 Å². The first kappa shape index (κ1) is 92.4. The molecule has 3 fully saturated rings. The highest BCUT2D eigenvalue weighted by Gasteiger charge is 2.60. The van der Waals surface area contributed by atoms with Crippen LogP contribution in [0.1, 0.15) is 316 Å². The van der Waals surface area contributed by atoms with E-state index in [4.69, 9.17) is 28.4 Å². The molecule has 0 saturated carbocycles. The van der Waals surface area contributed by atoms with Crippen molar-refractivity contribution in [3.8, 4) is 0 Å². The van der Waals surface area contributed by atoms with Crippen molar-refractivity contribution in [1.82, 2.24) is 10.6 Å². The molecule has 23 heteroatoms. The number of unbranched alkanes of at least 4 members (excludes halogenated alkanes) is 41. The van der Waals surface area contributed by atoms with Crippen LogP contribution in [0.25, 0.3) is 0 Å². The van der Waals surface area contributed by atoms with Crippen molar-refractivity contribution < 1.29 is 104 Å². The quantitative estimate of drug-likeness (QED) is 0.0199. The molecule has 0 bridgehead atoms. The maximum atomic E-state index is 13.5. The van der Waals surface area contributed by atoms with E-state index >= 15 is 0 Å². The Kier molecular flexibility index (Phi) is 52.5. The number of aliphatic carboxylic acids is 1. The summed E-state index contributed by atoms with van der Waals surface area (Å²) in [6, 6.07) is -2.62. The molecular weight excluding hydrogens is 1300 g/mol. The summed E-state index contributed by atoms with van der Waals surface area (Å²) in [6.07, 6.45) is 33.6. The molecule has 23 nitrogen and oxygen atoms in total. The van der Waals surface area contributed by atoms with Crippen LogP contribution < -0.4 is 10.6 Å². The predicted octanol–water partition coefficient (Wildman–Crippen LogP) is 10.4. The van der Waals surface area contributed by atoms with Crippen LogP contribution in [0, 0.1) is 0 Å². The molecule has 3 heterocycles. The average molecular weight is 1450 g/mol. The average Bonchev–Trinajstić information content (AvgIpc) is 0.756. The summed E-state index contributed by atoms with van der Waals surface area (Å²) in [5.74, 6) is -6.14. The van der Waals surface area contributed by atoms with Crippen molar-refractivity contribution in [2.24, 2.45) is 0 Å². The lowest BCUT2D eigenvalue weighted by atomic mass is 9.88. The summed E-state index contributed by atoms with van der Waals surface area (Å²) in [4.78, 5) is 38.7. The molecule has 0 aromatic heterocycles. The molecule has 3 rings (SSSR count). The van der Waals surface area contributed by atoms with Crippen molar-refractivity contribution in [2.45, 2.75) is 426 Å². The Morgan fingerprint density at radius 3 is 1.35 bits per heavy atom. The number of aliphatic hydroxyl groups excluding tert-OH is 11. The Bertz CT molecular complexity index is 2110. The summed E-state index contributed by atoms with van der Waals surface area (Å²) in [5, 5.41) is 136. The minimum Gasteiger partial charge on any atom is -0.477 e. The zero-order valence-corrected chi connectivity index (χ0v) is 62.5. The number of carboxylic acid groups (broad SMARTS) is 1. The number of rotatable bonds is 63. The number of nitrogens with one attached hydrogen (secondary N) is 2. The molecule has 18 atom stereocenters. The SMILES string of the molecule is CCCCCCCCCCCCCC/C=C\CCCCCCCCCCCCCCCC(=O)NC(COC1OC(CO)C(OC2OC(CO)C(O)C(OC3(C(=O)O)CC(O)C(NC(C)=O)C(C(O)C(O)CO)O3)C2O)C(O)C1O)C(O)/C=C/CCCCCCCCCCCCCCCCCC. The normalized spacial score (nSPS) is 26.9. The zero-order valence-electron chi connectivity index (χ0n) is 62.5. The highest BCUT2D eigenvalue weighted by atomic mass is 16.8. The monoisotopic (exact) mass is 1450 g/mol. The second kappa shape index (κ2) is 57.4. The van der Waals surface area contributed by atoms with E-state index < -0.39 is 155 Å². The van der Waals surface area contributed by atoms with Crippen molar-refractivity contribution in [3.63, 3.8) is 0 Å². The van der Waals surface area contributed by atoms with E-state index in [1.807, 2.05) is 6.08 Å². The Labute approximate surface area is 606 Å². The molecule has 2 amide bonds. The first-order valence-electron chi connectivity index (χ1n) is 40.2. The summed E-state index contributed by atoms with van der Waals surface area (Å²) >= 11 is 0. The first-order valence-corrected chi connectivity index (χ1v) is 40.2. The number of hydrogen-bond acceptors (Lipinski definition) is 20. The minimum atomic E-state index is -3.08. The van der Waals surface area contributed by atoms with Crippen LogP contribution in [0.2, 0.25) is 0 Å². The van der Waals surface area contributed by atoms with E-state index in [0.717, 1.165) is 51.9 Å². The third kappa shape index (κ3) is 38.0. The van der Waals surface area contributed by atoms with Gasteiger partial charge in [0.05, 0.1) is 50.7 Å². The van der Waals surface area contributed by atoms with Crippen molar-refractivity contribution in [3.05, 3.63) is 24.3 Å². The maximum Gasteiger partial charge on any atom is 0.364 e. The third-order valence-electron chi connectivity index (χ3n) is 20.4. The molecule has 0 aromatic rings. The number of carboxylic acids is 1. The minimum absolute atomic E-state index is 0.202. The van der Waals surface area contributed by atoms with Crippen LogP contribution in [0.15, 0.2) is 24.3 Å². The van der Waals surface area contributed by atoms with E-state index in [-0.39, 0.29) is 12.3 Å². The Morgan fingerprint density at radius 2 is 0.931 bits per heavy atom. The zero-order chi connectivity index (χ0) is 73.9. The topological polar surface area (TPSA) is 373 Å². The van der Waals surface area contributed by atoms with Gasteiger partial charge in [0.1, 0.15) is 67.1 Å². The summed E-state index contributed by atoms with van der Waals surface area (Å²) < 4.78 is 34.9. The van der Waals surface area contributed by atoms with Crippen molar-refractivity contribution in [1.29, 1.82) is 0 Å². The lowest BCUT2D eigenvalue weighted by molar-refractivity contribution is -0.386. The van der Waals surface area contributed by atoms with E-state index in [1.54, 1.807) is 6.08 Å². The lowest BCUT2D eigenvalue weighted by Crippen LogP contribution is -2.70. The summed E-state index contributed by atoms with van der Waals surface area (Å²) in [7, 11) is 0. The van der Waals surface area contributed by atoms with Gasteiger partial charge in [0.15, 0.2) is 12.6 Å². The van der Waals surface area contributed by atoms with Crippen LogP contribution >= 0.6 is 0 Å². The lowest BCUT2D eigenvalue weighted by Gasteiger charge is -2.50. The Hall–Kier alpha value is -2.79. The van der Waals surface area contributed by atoms with Crippen LogP contribution in [0.3, 0.4) is 0 Å². The van der Waals surface area contributed by atoms with E-state index in [0.29, 0.717) is 12.8 Å². The molecule has 592 valence electrons. The highest BCUT2D eigenvalue weighted by molar-refractivity contribution is 5.77. The van der Waals surface area contributed by atoms with Gasteiger partial charge in [-0.1, -0.05) is 276 Å².